The lowest BCUT2D eigenvalue weighted by Gasteiger charge is -2.08. The number of hydrogen-bond donors (Lipinski definition) is 3. The first-order valence-corrected chi connectivity index (χ1v) is 10.8. The molecule has 0 saturated carbocycles. The number of aryl methyl sites for hydroxylation is 1. The van der Waals surface area contributed by atoms with Crippen molar-refractivity contribution in [1.82, 2.24) is 15.0 Å². The van der Waals surface area contributed by atoms with Crippen molar-refractivity contribution in [3.8, 4) is 11.3 Å². The quantitative estimate of drug-likeness (QED) is 0.383. The number of rotatable bonds is 6. The van der Waals surface area contributed by atoms with E-state index < -0.39 is 0 Å². The minimum atomic E-state index is -0.253. The van der Waals surface area contributed by atoms with Crippen LogP contribution in [0.15, 0.2) is 78.3 Å². The van der Waals surface area contributed by atoms with E-state index in [0.29, 0.717) is 40.6 Å². The number of pyridine rings is 1. The molecule has 0 atom stereocenters. The first-order chi connectivity index (χ1) is 16.4. The number of amides is 1. The molecule has 4 rings (SSSR count). The van der Waals surface area contributed by atoms with Gasteiger partial charge in [0.2, 0.25) is 0 Å². The number of anilines is 1. The molecule has 0 bridgehead atoms. The van der Waals surface area contributed by atoms with Crippen LogP contribution in [0.4, 0.5) is 10.2 Å². The summed E-state index contributed by atoms with van der Waals surface area (Å²) in [5, 5.41) is 10.1. The van der Waals surface area contributed by atoms with Crippen LogP contribution in [-0.2, 0) is 0 Å². The number of nitrogens with one attached hydrogen (secondary N) is 3. The molecule has 0 saturated heterocycles. The van der Waals surface area contributed by atoms with E-state index in [2.05, 4.69) is 20.3 Å². The van der Waals surface area contributed by atoms with Gasteiger partial charge in [0.25, 0.3) is 5.91 Å². The topological polar surface area (TPSA) is 94.5 Å². The van der Waals surface area contributed by atoms with Crippen LogP contribution in [0.3, 0.4) is 0 Å². The summed E-state index contributed by atoms with van der Waals surface area (Å²) in [6, 6.07) is 10.9. The second-order valence-corrected chi connectivity index (χ2v) is 7.95. The molecule has 0 radical (unpaired) electrons. The summed E-state index contributed by atoms with van der Waals surface area (Å²) in [5.74, 6) is 0.445. The van der Waals surface area contributed by atoms with Crippen molar-refractivity contribution >= 4 is 29.6 Å². The van der Waals surface area contributed by atoms with E-state index >= 15 is 0 Å². The number of halogens is 1. The molecule has 1 aromatic carbocycles. The molecule has 0 aliphatic heterocycles. The van der Waals surface area contributed by atoms with Crippen LogP contribution >= 0.6 is 0 Å². The summed E-state index contributed by atoms with van der Waals surface area (Å²) in [4.78, 5) is 24.9. The fourth-order valence-electron chi connectivity index (χ4n) is 3.57. The lowest BCUT2D eigenvalue weighted by atomic mass is 10.0. The van der Waals surface area contributed by atoms with Gasteiger partial charge in [-0.3, -0.25) is 4.79 Å². The zero-order valence-electron chi connectivity index (χ0n) is 18.9. The first kappa shape index (κ1) is 22.8. The monoisotopic (exact) mass is 453 g/mol. The van der Waals surface area contributed by atoms with Crippen LogP contribution < -0.4 is 5.32 Å². The first-order valence-electron chi connectivity index (χ1n) is 10.8. The molecule has 1 aliphatic carbocycles. The summed E-state index contributed by atoms with van der Waals surface area (Å²) in [5.41, 5.74) is 5.07. The van der Waals surface area contributed by atoms with E-state index in [1.807, 2.05) is 31.2 Å². The average Bonchev–Trinajstić information content (AvgIpc) is 3.19. The largest absolute Gasteiger partial charge is 0.338 e. The third-order valence-electron chi connectivity index (χ3n) is 5.36. The number of H-pyrrole nitrogens is 1. The fraction of sp³-hybridized carbons (Fsp3) is 0.111. The van der Waals surface area contributed by atoms with Gasteiger partial charge in [0.05, 0.1) is 11.4 Å². The van der Waals surface area contributed by atoms with Crippen molar-refractivity contribution in [1.29, 1.82) is 5.41 Å². The maximum atomic E-state index is 14.1. The number of aromatic nitrogens is 3. The zero-order valence-corrected chi connectivity index (χ0v) is 18.9. The highest BCUT2D eigenvalue weighted by atomic mass is 19.1. The second-order valence-electron chi connectivity index (χ2n) is 7.95. The maximum Gasteiger partial charge on any atom is 0.256 e. The molecule has 0 spiro atoms. The van der Waals surface area contributed by atoms with Gasteiger partial charge in [0.1, 0.15) is 17.5 Å². The van der Waals surface area contributed by atoms with Crippen LogP contribution in [0, 0.1) is 12.3 Å². The van der Waals surface area contributed by atoms with Gasteiger partial charge < -0.3 is 15.7 Å². The van der Waals surface area contributed by atoms with Gasteiger partial charge in [-0.15, -0.1) is 0 Å². The molecule has 7 heteroatoms. The van der Waals surface area contributed by atoms with Gasteiger partial charge in [-0.2, -0.15) is 0 Å². The molecule has 1 amide bonds. The van der Waals surface area contributed by atoms with Crippen LogP contribution in [0.1, 0.15) is 40.8 Å². The van der Waals surface area contributed by atoms with Crippen LogP contribution in [-0.4, -0.2) is 27.1 Å². The van der Waals surface area contributed by atoms with E-state index in [0.717, 1.165) is 16.7 Å². The Morgan fingerprint density at radius 2 is 2.06 bits per heavy atom. The summed E-state index contributed by atoms with van der Waals surface area (Å²) < 4.78 is 14.1. The predicted octanol–water partition coefficient (Wildman–Crippen LogP) is 6.28. The molecular formula is C27H24FN5O. The minimum Gasteiger partial charge on any atom is -0.338 e. The molecule has 3 N–H and O–H groups in total. The number of allylic oxidation sites excluding steroid dienone is 7. The maximum absolute atomic E-state index is 14.1. The molecule has 170 valence electrons. The number of carbonyl (C=O) groups excluding carboxylic acids is 1. The van der Waals surface area contributed by atoms with Crippen LogP contribution in [0.2, 0.25) is 0 Å². The molecule has 1 aliphatic rings. The fourth-order valence-corrected chi connectivity index (χ4v) is 3.57. The summed E-state index contributed by atoms with van der Waals surface area (Å²) >= 11 is 0. The van der Waals surface area contributed by atoms with E-state index in [1.54, 1.807) is 49.5 Å². The van der Waals surface area contributed by atoms with Gasteiger partial charge in [-0.1, -0.05) is 29.8 Å². The summed E-state index contributed by atoms with van der Waals surface area (Å²) in [6.07, 6.45) is 11.6. The smallest absolute Gasteiger partial charge is 0.256 e. The molecule has 2 aromatic heterocycles. The molecule has 2 heterocycles. The Kier molecular flexibility index (Phi) is 6.73. The predicted molar refractivity (Wildman–Crippen MR) is 134 cm³/mol. The van der Waals surface area contributed by atoms with Crippen molar-refractivity contribution in [3.63, 3.8) is 0 Å². The molecule has 3 aromatic rings. The van der Waals surface area contributed by atoms with E-state index in [1.165, 1.54) is 12.3 Å². The van der Waals surface area contributed by atoms with E-state index in [9.17, 15) is 9.18 Å². The van der Waals surface area contributed by atoms with Crippen molar-refractivity contribution in [2.45, 2.75) is 20.3 Å². The third kappa shape index (κ3) is 5.15. The number of nitrogens with zero attached hydrogens (tertiary/aromatic N) is 2. The van der Waals surface area contributed by atoms with Gasteiger partial charge >= 0.3 is 0 Å². The highest BCUT2D eigenvalue weighted by Gasteiger charge is 2.17. The Morgan fingerprint density at radius 3 is 2.85 bits per heavy atom. The number of benzene rings is 1. The molecule has 6 nitrogen and oxygen atoms in total. The number of aromatic amines is 1. The lowest BCUT2D eigenvalue weighted by Crippen LogP contribution is -2.13. The van der Waals surface area contributed by atoms with Gasteiger partial charge in [-0.25, -0.2) is 14.4 Å². The van der Waals surface area contributed by atoms with E-state index in [-0.39, 0.29) is 11.7 Å². The highest BCUT2D eigenvalue weighted by Crippen LogP contribution is 2.32. The molecule has 0 fully saturated rings. The van der Waals surface area contributed by atoms with E-state index in [4.69, 9.17) is 5.41 Å². The summed E-state index contributed by atoms with van der Waals surface area (Å²) in [6.45, 7) is 3.69. The van der Waals surface area contributed by atoms with Crippen molar-refractivity contribution < 1.29 is 9.18 Å². The number of hydrogen-bond acceptors (Lipinski definition) is 4. The highest BCUT2D eigenvalue weighted by molar-refractivity contribution is 6.04. The Morgan fingerprint density at radius 1 is 1.21 bits per heavy atom. The van der Waals surface area contributed by atoms with Crippen molar-refractivity contribution in [3.05, 3.63) is 101 Å². The second kappa shape index (κ2) is 10.0. The minimum absolute atomic E-state index is 0.249. The standard InChI is InChI=1S/C27H24FN5O/c1-17-5-3-6-21(15-17)27(34)33-24-16-20(12-14-30-24)26-25(31-23(32-26)7-4-13-29)19-9-8-18(2)22(28)11-10-19/h3-7,9-16,29H,8H2,1-2H3,(H,31,32)(H,30,33,34)/b7-4-,29-13?. The number of imidazole rings is 1. The van der Waals surface area contributed by atoms with Crippen LogP contribution in [0.5, 0.6) is 0 Å². The van der Waals surface area contributed by atoms with Gasteiger partial charge in [0.15, 0.2) is 0 Å². The molecular weight excluding hydrogens is 429 g/mol. The normalized spacial score (nSPS) is 13.7. The molecule has 0 unspecified atom stereocenters. The Balaban J connectivity index is 1.70. The number of carbonyl (C=O) groups is 1. The van der Waals surface area contributed by atoms with Crippen LogP contribution in [0.25, 0.3) is 22.9 Å². The Labute approximate surface area is 197 Å². The molecule has 34 heavy (non-hydrogen) atoms. The van der Waals surface area contributed by atoms with Crippen molar-refractivity contribution in [2.24, 2.45) is 0 Å². The Bertz CT molecular complexity index is 1380. The van der Waals surface area contributed by atoms with Gasteiger partial charge in [0, 0.05) is 23.5 Å². The summed E-state index contributed by atoms with van der Waals surface area (Å²) in [7, 11) is 0. The third-order valence-corrected chi connectivity index (χ3v) is 5.36. The SMILES string of the molecule is CC1=C(F)C=CC(c2[nH]c(/C=C\C=N)nc2-c2ccnc(NC(=O)c3cccc(C)c3)c2)=CC1. The van der Waals surface area contributed by atoms with Crippen molar-refractivity contribution in [2.75, 3.05) is 5.32 Å². The average molecular weight is 454 g/mol. The zero-order chi connectivity index (χ0) is 24.1. The lowest BCUT2D eigenvalue weighted by molar-refractivity contribution is 0.102. The Hall–Kier alpha value is -4.39. The van der Waals surface area contributed by atoms with Gasteiger partial charge in [-0.05, 0) is 73.9 Å².